The van der Waals surface area contributed by atoms with Gasteiger partial charge in [-0.1, -0.05) is 35.3 Å². The minimum absolute atomic E-state index is 0.0259. The lowest BCUT2D eigenvalue weighted by atomic mass is 9.82. The second kappa shape index (κ2) is 9.37. The van der Waals surface area contributed by atoms with Crippen molar-refractivity contribution in [3.05, 3.63) is 68.4 Å². The summed E-state index contributed by atoms with van der Waals surface area (Å²) in [5.41, 5.74) is 1.79. The number of carbonyl (C=O) groups excluding carboxylic acids is 1. The average Bonchev–Trinajstić information content (AvgIpc) is 3.49. The van der Waals surface area contributed by atoms with E-state index in [9.17, 15) is 22.4 Å². The number of nitrogens with zero attached hydrogens (tertiary/aromatic N) is 2. The van der Waals surface area contributed by atoms with E-state index in [0.29, 0.717) is 50.4 Å². The van der Waals surface area contributed by atoms with Crippen LogP contribution in [0.5, 0.6) is 0 Å². The molecule has 2 fully saturated rings. The number of halogens is 6. The van der Waals surface area contributed by atoms with E-state index in [2.05, 4.69) is 4.40 Å². The number of fused-ring (bicyclic) bond motifs is 2. The third-order valence-corrected chi connectivity index (χ3v) is 9.63. The molecule has 0 N–H and O–H groups in total. The maximum absolute atomic E-state index is 14.4. The first-order valence-corrected chi connectivity index (χ1v) is 13.7. The second-order valence-electron chi connectivity index (χ2n) is 10.1. The van der Waals surface area contributed by atoms with Gasteiger partial charge >= 0.3 is 6.18 Å². The van der Waals surface area contributed by atoms with Crippen LogP contribution >= 0.6 is 35.1 Å². The smallest absolute Gasteiger partial charge is 0.381 e. The van der Waals surface area contributed by atoms with Gasteiger partial charge in [0.05, 0.1) is 35.5 Å². The molecule has 6 rings (SSSR count). The summed E-state index contributed by atoms with van der Waals surface area (Å²) in [7, 11) is 0. The summed E-state index contributed by atoms with van der Waals surface area (Å²) in [4.78, 5) is 14.7. The van der Waals surface area contributed by atoms with Gasteiger partial charge in [0.1, 0.15) is 5.60 Å². The molecule has 0 aromatic heterocycles. The fourth-order valence-electron chi connectivity index (χ4n) is 5.67. The van der Waals surface area contributed by atoms with E-state index in [1.165, 1.54) is 0 Å². The number of alkyl halides is 3. The molecule has 0 saturated carbocycles. The van der Waals surface area contributed by atoms with Gasteiger partial charge in [-0.05, 0) is 65.2 Å². The van der Waals surface area contributed by atoms with Gasteiger partial charge in [-0.3, -0.25) is 4.79 Å². The van der Waals surface area contributed by atoms with Gasteiger partial charge in [0.25, 0.3) is 0 Å². The Morgan fingerprint density at radius 2 is 1.79 bits per heavy atom. The van der Waals surface area contributed by atoms with Gasteiger partial charge in [0.15, 0.2) is 10.6 Å². The van der Waals surface area contributed by atoms with Crippen molar-refractivity contribution in [1.82, 2.24) is 4.90 Å². The van der Waals surface area contributed by atoms with Crippen LogP contribution < -0.4 is 0 Å². The lowest BCUT2D eigenvalue weighted by molar-refractivity contribution is -0.174. The van der Waals surface area contributed by atoms with Crippen molar-refractivity contribution in [1.29, 1.82) is 0 Å². The first kappa shape index (κ1) is 26.4. The zero-order valence-electron chi connectivity index (χ0n) is 19.9. The number of amides is 1. The maximum atomic E-state index is 14.4. The largest absolute Gasteiger partial charge is 0.409 e. The number of carbonyl (C=O) groups is 1. The first-order chi connectivity index (χ1) is 18.0. The molecule has 0 radical (unpaired) electrons. The van der Waals surface area contributed by atoms with E-state index < -0.39 is 38.8 Å². The molecule has 2 aromatic carbocycles. The van der Waals surface area contributed by atoms with E-state index in [1.807, 2.05) is 17.0 Å². The Morgan fingerprint density at radius 1 is 1.11 bits per heavy atom. The summed E-state index contributed by atoms with van der Waals surface area (Å²) in [5, 5.41) is -0.954. The van der Waals surface area contributed by atoms with Gasteiger partial charge < -0.3 is 14.4 Å². The topological polar surface area (TPSA) is 51.1 Å². The molecule has 4 aliphatic rings. The molecule has 0 aliphatic carbocycles. The fraction of sp³-hybridized carbons (Fsp3) is 0.462. The molecule has 202 valence electrons. The van der Waals surface area contributed by atoms with Crippen LogP contribution in [0.1, 0.15) is 41.5 Å². The zero-order valence-corrected chi connectivity index (χ0v) is 22.2. The fourth-order valence-corrected chi connectivity index (χ4v) is 7.12. The van der Waals surface area contributed by atoms with E-state index >= 15 is 0 Å². The third kappa shape index (κ3) is 4.15. The standard InChI is InChI=1S/C26H22Cl2F4N2O3S/c27-19-8-17(9-20(28)22(19)29)25(26(30,31)32)10-21(33-38-25)15-1-2-18-16(7-15)11-37-24(18)12-34(13-24)23(35)14-3-5-36-6-4-14/h1-2,7-9,14H,3-6,10-13H2/t25-/m0/s1. The van der Waals surface area contributed by atoms with E-state index in [-0.39, 0.29) is 23.1 Å². The van der Waals surface area contributed by atoms with Crippen LogP contribution in [-0.2, 0) is 31.2 Å². The molecule has 0 bridgehead atoms. The molecule has 4 aliphatic heterocycles. The van der Waals surface area contributed by atoms with E-state index in [4.69, 9.17) is 32.7 Å². The van der Waals surface area contributed by atoms with Gasteiger partial charge in [0.2, 0.25) is 5.91 Å². The molecule has 12 heteroatoms. The summed E-state index contributed by atoms with van der Waals surface area (Å²) in [6, 6.07) is 7.34. The van der Waals surface area contributed by atoms with Gasteiger partial charge in [-0.2, -0.15) is 13.2 Å². The highest BCUT2D eigenvalue weighted by atomic mass is 35.5. The number of hydrogen-bond donors (Lipinski definition) is 0. The molecule has 38 heavy (non-hydrogen) atoms. The van der Waals surface area contributed by atoms with E-state index in [0.717, 1.165) is 36.1 Å². The predicted molar refractivity (Wildman–Crippen MR) is 136 cm³/mol. The molecule has 1 spiro atoms. The molecule has 5 nitrogen and oxygen atoms in total. The molecule has 0 unspecified atom stereocenters. The molecular formula is C26H22Cl2F4N2O3S. The van der Waals surface area contributed by atoms with Crippen molar-refractivity contribution in [2.75, 3.05) is 26.3 Å². The van der Waals surface area contributed by atoms with Crippen LogP contribution in [0.2, 0.25) is 10.0 Å². The Bertz CT molecular complexity index is 1320. The highest BCUT2D eigenvalue weighted by molar-refractivity contribution is 7.99. The van der Waals surface area contributed by atoms with Crippen molar-refractivity contribution in [3.8, 4) is 0 Å². The number of ether oxygens (including phenoxy) is 2. The zero-order chi connectivity index (χ0) is 26.9. The summed E-state index contributed by atoms with van der Waals surface area (Å²) in [6.45, 7) is 2.40. The maximum Gasteiger partial charge on any atom is 0.409 e. The quantitative estimate of drug-likeness (QED) is 0.236. The molecule has 4 heterocycles. The molecule has 2 aromatic rings. The summed E-state index contributed by atoms with van der Waals surface area (Å²) in [6.07, 6.45) is -3.72. The summed E-state index contributed by atoms with van der Waals surface area (Å²) < 4.78 is 70.5. The Labute approximate surface area is 230 Å². The molecular weight excluding hydrogens is 567 g/mol. The van der Waals surface area contributed by atoms with Gasteiger partial charge in [0, 0.05) is 25.6 Å². The normalized spacial score (nSPS) is 24.9. The Balaban J connectivity index is 1.22. The number of hydrogen-bond acceptors (Lipinski definition) is 5. The van der Waals surface area contributed by atoms with E-state index in [1.54, 1.807) is 6.07 Å². The number of likely N-dealkylation sites (tertiary alicyclic amines) is 1. The number of rotatable bonds is 3. The summed E-state index contributed by atoms with van der Waals surface area (Å²) in [5.74, 6) is -0.869. The monoisotopic (exact) mass is 588 g/mol. The second-order valence-corrected chi connectivity index (χ2v) is 12.0. The number of benzene rings is 2. The van der Waals surface area contributed by atoms with Crippen LogP contribution in [0.15, 0.2) is 34.7 Å². The van der Waals surface area contributed by atoms with Crippen molar-refractivity contribution in [2.24, 2.45) is 10.3 Å². The Kier molecular flexibility index (Phi) is 6.50. The highest BCUT2D eigenvalue weighted by Gasteiger charge is 2.60. The summed E-state index contributed by atoms with van der Waals surface area (Å²) >= 11 is 12.0. The first-order valence-electron chi connectivity index (χ1n) is 12.1. The van der Waals surface area contributed by atoms with Crippen molar-refractivity contribution in [3.63, 3.8) is 0 Å². The molecule has 1 amide bonds. The van der Waals surface area contributed by atoms with Crippen LogP contribution in [0.4, 0.5) is 17.6 Å². The van der Waals surface area contributed by atoms with Crippen molar-refractivity contribution >= 4 is 46.8 Å². The minimum Gasteiger partial charge on any atom is -0.381 e. The average molecular weight is 589 g/mol. The highest BCUT2D eigenvalue weighted by Crippen LogP contribution is 2.57. The van der Waals surface area contributed by atoms with Crippen molar-refractivity contribution < 1.29 is 31.8 Å². The predicted octanol–water partition coefficient (Wildman–Crippen LogP) is 6.43. The Hall–Kier alpha value is -1.85. The van der Waals surface area contributed by atoms with Crippen LogP contribution in [0, 0.1) is 11.7 Å². The molecule has 1 atom stereocenters. The van der Waals surface area contributed by atoms with Crippen LogP contribution in [-0.4, -0.2) is 49.0 Å². The van der Waals surface area contributed by atoms with Crippen LogP contribution in [0.3, 0.4) is 0 Å². The SMILES string of the molecule is O=C(C1CCOCC1)N1CC2(C1)OCc1cc(C3=NS[C@@](c4cc(Cl)c(F)c(Cl)c4)(C(F)(F)F)C3)ccc12. The van der Waals surface area contributed by atoms with Crippen molar-refractivity contribution in [2.45, 2.75) is 42.4 Å². The minimum atomic E-state index is -4.70. The lowest BCUT2D eigenvalue weighted by Gasteiger charge is -2.48. The Morgan fingerprint density at radius 3 is 2.45 bits per heavy atom. The third-order valence-electron chi connectivity index (χ3n) is 7.84. The lowest BCUT2D eigenvalue weighted by Crippen LogP contribution is -2.62. The van der Waals surface area contributed by atoms with Crippen LogP contribution in [0.25, 0.3) is 0 Å². The molecule has 2 saturated heterocycles. The van der Waals surface area contributed by atoms with Gasteiger partial charge in [-0.25, -0.2) is 8.79 Å². The van der Waals surface area contributed by atoms with Gasteiger partial charge in [-0.15, -0.1) is 0 Å².